The summed E-state index contributed by atoms with van der Waals surface area (Å²) in [5.41, 5.74) is 4.65. The van der Waals surface area contributed by atoms with Crippen molar-refractivity contribution in [3.05, 3.63) is 28.8 Å². The number of piperazine rings is 1. The molecule has 0 saturated carbocycles. The zero-order chi connectivity index (χ0) is 17.7. The van der Waals surface area contributed by atoms with Crippen LogP contribution in [0, 0.1) is 20.8 Å². The molecule has 6 nitrogen and oxygen atoms in total. The number of hydrogen-bond acceptors (Lipinski definition) is 3. The molecule has 0 bridgehead atoms. The summed E-state index contributed by atoms with van der Waals surface area (Å²) in [4.78, 5) is 31.1. The van der Waals surface area contributed by atoms with Gasteiger partial charge in [0.1, 0.15) is 0 Å². The van der Waals surface area contributed by atoms with Gasteiger partial charge in [0.05, 0.1) is 12.1 Å². The van der Waals surface area contributed by atoms with Crippen LogP contribution in [0.1, 0.15) is 23.1 Å². The predicted octanol–water partition coefficient (Wildman–Crippen LogP) is 1.43. The molecule has 3 aliphatic heterocycles. The highest BCUT2D eigenvalue weighted by Crippen LogP contribution is 2.32. The van der Waals surface area contributed by atoms with Crippen LogP contribution in [0.2, 0.25) is 0 Å². The van der Waals surface area contributed by atoms with E-state index in [2.05, 4.69) is 43.1 Å². The first-order chi connectivity index (χ1) is 12.0. The number of carbonyl (C=O) groups excluding carboxylic acids is 2. The molecule has 6 heteroatoms. The first-order valence-electron chi connectivity index (χ1n) is 9.13. The minimum absolute atomic E-state index is 0.0370. The van der Waals surface area contributed by atoms with Crippen LogP contribution in [-0.4, -0.2) is 66.5 Å². The quantitative estimate of drug-likeness (QED) is 0.885. The Balaban J connectivity index is 1.52. The van der Waals surface area contributed by atoms with Crippen LogP contribution in [0.15, 0.2) is 12.1 Å². The van der Waals surface area contributed by atoms with Crippen LogP contribution in [0.5, 0.6) is 0 Å². The minimum atomic E-state index is -0.0574. The summed E-state index contributed by atoms with van der Waals surface area (Å²) in [5, 5.41) is 2.90. The van der Waals surface area contributed by atoms with E-state index in [4.69, 9.17) is 0 Å². The maximum Gasteiger partial charge on any atom is 0.317 e. The molecule has 3 amide bonds. The van der Waals surface area contributed by atoms with Gasteiger partial charge in [-0.3, -0.25) is 9.69 Å². The van der Waals surface area contributed by atoms with Gasteiger partial charge in [-0.2, -0.15) is 0 Å². The van der Waals surface area contributed by atoms with Gasteiger partial charge in [0.15, 0.2) is 0 Å². The molecule has 0 radical (unpaired) electrons. The van der Waals surface area contributed by atoms with Crippen molar-refractivity contribution in [3.63, 3.8) is 0 Å². The van der Waals surface area contributed by atoms with E-state index in [1.807, 2.05) is 9.80 Å². The lowest BCUT2D eigenvalue weighted by Gasteiger charge is -2.38. The fourth-order valence-electron chi connectivity index (χ4n) is 4.74. The van der Waals surface area contributed by atoms with Gasteiger partial charge in [-0.15, -0.1) is 0 Å². The van der Waals surface area contributed by atoms with Crippen molar-refractivity contribution in [1.82, 2.24) is 15.1 Å². The summed E-state index contributed by atoms with van der Waals surface area (Å²) in [5.74, 6) is 0.209. The molecule has 0 unspecified atom stereocenters. The van der Waals surface area contributed by atoms with Gasteiger partial charge < -0.3 is 15.1 Å². The van der Waals surface area contributed by atoms with Gasteiger partial charge in [-0.25, -0.2) is 4.79 Å². The molecule has 3 saturated heterocycles. The molecule has 4 rings (SSSR count). The first kappa shape index (κ1) is 16.4. The predicted molar refractivity (Wildman–Crippen MR) is 96.9 cm³/mol. The van der Waals surface area contributed by atoms with Crippen molar-refractivity contribution in [2.24, 2.45) is 0 Å². The SMILES string of the molecule is Cc1cc(C)c(N2CC[C@@H](N3CCN4C(=O)NC[C@H]4C3)C2=O)c(C)c1. The van der Waals surface area contributed by atoms with Crippen LogP contribution < -0.4 is 10.2 Å². The van der Waals surface area contributed by atoms with Crippen molar-refractivity contribution in [3.8, 4) is 0 Å². The molecule has 0 aliphatic carbocycles. The van der Waals surface area contributed by atoms with Gasteiger partial charge in [0.25, 0.3) is 0 Å². The van der Waals surface area contributed by atoms with Crippen molar-refractivity contribution >= 4 is 17.6 Å². The number of hydrogen-bond donors (Lipinski definition) is 1. The largest absolute Gasteiger partial charge is 0.336 e. The summed E-state index contributed by atoms with van der Waals surface area (Å²) in [6.45, 7) is 10.0. The molecule has 0 spiro atoms. The molecule has 3 aliphatic rings. The van der Waals surface area contributed by atoms with E-state index in [1.165, 1.54) is 16.7 Å². The third-order valence-electron chi connectivity index (χ3n) is 5.79. The lowest BCUT2D eigenvalue weighted by atomic mass is 10.0. The zero-order valence-electron chi connectivity index (χ0n) is 15.2. The van der Waals surface area contributed by atoms with E-state index in [0.717, 1.165) is 31.7 Å². The molecular formula is C19H26N4O2. The second kappa shape index (κ2) is 6.02. The van der Waals surface area contributed by atoms with Gasteiger partial charge in [0, 0.05) is 38.4 Å². The van der Waals surface area contributed by atoms with E-state index in [0.29, 0.717) is 13.1 Å². The Bertz CT molecular complexity index is 709. The molecule has 3 heterocycles. The van der Waals surface area contributed by atoms with Crippen LogP contribution in [0.3, 0.4) is 0 Å². The number of nitrogens with zero attached hydrogens (tertiary/aromatic N) is 3. The number of nitrogens with one attached hydrogen (secondary N) is 1. The van der Waals surface area contributed by atoms with E-state index in [9.17, 15) is 9.59 Å². The highest BCUT2D eigenvalue weighted by molar-refractivity contribution is 6.00. The molecule has 134 valence electrons. The average Bonchev–Trinajstić information content (AvgIpc) is 3.10. The van der Waals surface area contributed by atoms with Crippen molar-refractivity contribution in [2.75, 3.05) is 37.6 Å². The summed E-state index contributed by atoms with van der Waals surface area (Å²) in [6.07, 6.45) is 0.861. The van der Waals surface area contributed by atoms with E-state index in [1.54, 1.807) is 0 Å². The maximum absolute atomic E-state index is 13.1. The van der Waals surface area contributed by atoms with Crippen LogP contribution in [-0.2, 0) is 4.79 Å². The maximum atomic E-state index is 13.1. The normalized spacial score (nSPS) is 27.0. The van der Waals surface area contributed by atoms with Gasteiger partial charge in [-0.05, 0) is 38.3 Å². The van der Waals surface area contributed by atoms with Gasteiger partial charge in [0.2, 0.25) is 5.91 Å². The van der Waals surface area contributed by atoms with E-state index in [-0.39, 0.29) is 24.0 Å². The standard InChI is InChI=1S/C19H26N4O2/c1-12-8-13(2)17(14(3)9-12)23-5-4-16(18(23)24)21-6-7-22-15(11-21)10-20-19(22)25/h8-9,15-16H,4-7,10-11H2,1-3H3,(H,20,25)/t15-,16+/m0/s1. The number of benzene rings is 1. The van der Waals surface area contributed by atoms with Crippen molar-refractivity contribution in [1.29, 1.82) is 0 Å². The number of amides is 3. The number of carbonyl (C=O) groups is 2. The smallest absolute Gasteiger partial charge is 0.317 e. The van der Waals surface area contributed by atoms with Crippen LogP contribution >= 0.6 is 0 Å². The number of fused-ring (bicyclic) bond motifs is 1. The lowest BCUT2D eigenvalue weighted by Crippen LogP contribution is -2.56. The number of rotatable bonds is 2. The highest BCUT2D eigenvalue weighted by atomic mass is 16.2. The Labute approximate surface area is 148 Å². The molecule has 3 fully saturated rings. The molecule has 1 N–H and O–H groups in total. The Morgan fingerprint density at radius 2 is 1.76 bits per heavy atom. The molecule has 25 heavy (non-hydrogen) atoms. The Kier molecular flexibility index (Phi) is 3.95. The fraction of sp³-hybridized carbons (Fsp3) is 0.579. The lowest BCUT2D eigenvalue weighted by molar-refractivity contribution is -0.122. The van der Waals surface area contributed by atoms with Crippen LogP contribution in [0.25, 0.3) is 0 Å². The van der Waals surface area contributed by atoms with E-state index < -0.39 is 0 Å². The summed E-state index contributed by atoms with van der Waals surface area (Å²) >= 11 is 0. The second-order valence-electron chi connectivity index (χ2n) is 7.57. The molecular weight excluding hydrogens is 316 g/mol. The van der Waals surface area contributed by atoms with Crippen molar-refractivity contribution < 1.29 is 9.59 Å². The topological polar surface area (TPSA) is 55.9 Å². The Morgan fingerprint density at radius 1 is 1.04 bits per heavy atom. The average molecular weight is 342 g/mol. The number of anilines is 1. The summed E-state index contributed by atoms with van der Waals surface area (Å²) in [7, 11) is 0. The summed E-state index contributed by atoms with van der Waals surface area (Å²) in [6, 6.07) is 4.48. The third-order valence-corrected chi connectivity index (χ3v) is 5.79. The molecule has 1 aromatic carbocycles. The van der Waals surface area contributed by atoms with Gasteiger partial charge in [-0.1, -0.05) is 17.7 Å². The van der Waals surface area contributed by atoms with E-state index >= 15 is 0 Å². The monoisotopic (exact) mass is 342 g/mol. The number of urea groups is 1. The number of aryl methyl sites for hydroxylation is 3. The first-order valence-corrected chi connectivity index (χ1v) is 9.13. The third kappa shape index (κ3) is 2.68. The van der Waals surface area contributed by atoms with Gasteiger partial charge >= 0.3 is 6.03 Å². The summed E-state index contributed by atoms with van der Waals surface area (Å²) < 4.78 is 0. The minimum Gasteiger partial charge on any atom is -0.336 e. The molecule has 1 aromatic rings. The highest BCUT2D eigenvalue weighted by Gasteiger charge is 2.43. The Morgan fingerprint density at radius 3 is 2.48 bits per heavy atom. The molecule has 2 atom stereocenters. The van der Waals surface area contributed by atoms with Crippen molar-refractivity contribution in [2.45, 2.75) is 39.3 Å². The Hall–Kier alpha value is -2.08. The zero-order valence-corrected chi connectivity index (χ0v) is 15.2. The van der Waals surface area contributed by atoms with Crippen LogP contribution in [0.4, 0.5) is 10.5 Å². The second-order valence-corrected chi connectivity index (χ2v) is 7.57. The molecule has 0 aromatic heterocycles. The fourth-order valence-corrected chi connectivity index (χ4v) is 4.74.